The largest absolute Gasteiger partial charge is 0.265 e. The minimum Gasteiger partial charge on any atom is -0.265 e. The molecule has 4 heterocycles. The van der Waals surface area contributed by atoms with Crippen molar-refractivity contribution in [3.8, 4) is 0 Å². The number of para-hydroxylation sites is 1. The number of rotatable bonds is 4. The van der Waals surface area contributed by atoms with Crippen molar-refractivity contribution in [2.75, 3.05) is 22.9 Å². The molecule has 235 valence electrons. The first kappa shape index (κ1) is 35.9. The molecule has 5 aromatic rings. The van der Waals surface area contributed by atoms with Gasteiger partial charge in [-0.25, -0.2) is 0 Å². The monoisotopic (exact) mass is 795 g/mol. The van der Waals surface area contributed by atoms with Gasteiger partial charge in [-0.3, -0.25) is 15.0 Å². The fourth-order valence-corrected chi connectivity index (χ4v) is 7.09. The molecular weight excluding hydrogens is 747 g/mol. The van der Waals surface area contributed by atoms with Gasteiger partial charge in [0.1, 0.15) is 0 Å². The van der Waals surface area contributed by atoms with Gasteiger partial charge in [0, 0.05) is 37.2 Å². The van der Waals surface area contributed by atoms with Gasteiger partial charge in [0.15, 0.2) is 0 Å². The van der Waals surface area contributed by atoms with E-state index in [1.165, 1.54) is 39.2 Å². The third-order valence-electron chi connectivity index (χ3n) is 7.37. The summed E-state index contributed by atoms with van der Waals surface area (Å²) in [4.78, 5) is 16.7. The van der Waals surface area contributed by atoms with Gasteiger partial charge in [0.2, 0.25) is 0 Å². The number of nitrogens with zero attached hydrogens (tertiary/aromatic N) is 5. The van der Waals surface area contributed by atoms with Gasteiger partial charge in [0.05, 0.1) is 0 Å². The van der Waals surface area contributed by atoms with E-state index in [4.69, 9.17) is 0 Å². The zero-order chi connectivity index (χ0) is 32.6. The first-order chi connectivity index (χ1) is 21.7. The average Bonchev–Trinajstić information content (AvgIpc) is 3.43. The van der Waals surface area contributed by atoms with Gasteiger partial charge in [0.25, 0.3) is 0 Å². The molecule has 1 aliphatic heterocycles. The van der Waals surface area contributed by atoms with E-state index in [2.05, 4.69) is 104 Å². The molecule has 6 rings (SSSR count). The van der Waals surface area contributed by atoms with Gasteiger partial charge < -0.3 is 0 Å². The minimum absolute atomic E-state index is 0.447. The summed E-state index contributed by atoms with van der Waals surface area (Å²) in [5.41, 5.74) is 10.1. The number of anilines is 2. The third kappa shape index (κ3) is 11.0. The van der Waals surface area contributed by atoms with Crippen LogP contribution in [0.15, 0.2) is 122 Å². The summed E-state index contributed by atoms with van der Waals surface area (Å²) in [5.74, 6) is 1.08. The van der Waals surface area contributed by atoms with Gasteiger partial charge in [-0.05, 0) is 36.4 Å². The quantitative estimate of drug-likeness (QED) is 0.182. The smallest absolute Gasteiger partial charge is 0.0267 e. The Bertz CT molecular complexity index is 1310. The van der Waals surface area contributed by atoms with Crippen LogP contribution >= 0.6 is 0 Å². The van der Waals surface area contributed by atoms with Crippen LogP contribution in [-0.4, -0.2) is 56.9 Å². The van der Waals surface area contributed by atoms with Crippen LogP contribution in [0.1, 0.15) is 67.3 Å². The van der Waals surface area contributed by atoms with Crippen LogP contribution in [0.3, 0.4) is 0 Å². The fraction of sp³-hybridized carbons (Fsp3) is 0.308. The van der Waals surface area contributed by atoms with Crippen molar-refractivity contribution < 1.29 is 0 Å². The minimum atomic E-state index is 0.447. The molecule has 3 aromatic heterocycles. The Labute approximate surface area is 286 Å². The number of hydrogen-bond donors (Lipinski definition) is 0. The van der Waals surface area contributed by atoms with Crippen molar-refractivity contribution in [2.45, 2.75) is 64.1 Å². The number of hydrogen-bond acceptors (Lipinski definition) is 5. The third-order valence-corrected chi connectivity index (χ3v) is 9.35. The molecule has 0 bridgehead atoms. The van der Waals surface area contributed by atoms with Crippen LogP contribution in [0.2, 0.25) is 0 Å². The van der Waals surface area contributed by atoms with Crippen molar-refractivity contribution in [3.63, 3.8) is 0 Å². The molecular formula is C39H48N5Po. The molecule has 1 atom stereocenters. The van der Waals surface area contributed by atoms with E-state index >= 15 is 0 Å². The zero-order valence-electron chi connectivity index (χ0n) is 27.8. The Balaban J connectivity index is 0.000000244. The molecule has 2 aromatic carbocycles. The summed E-state index contributed by atoms with van der Waals surface area (Å²) in [7, 11) is 0. The second-order valence-corrected chi connectivity index (χ2v) is 13.3. The maximum absolute atomic E-state index is 3.78. The molecule has 45 heavy (non-hydrogen) atoms. The zero-order valence-corrected chi connectivity index (χ0v) is 31.0. The van der Waals surface area contributed by atoms with Gasteiger partial charge in [-0.2, -0.15) is 0 Å². The van der Waals surface area contributed by atoms with Crippen LogP contribution in [0, 0.1) is 20.8 Å². The molecule has 0 aliphatic carbocycles. The second-order valence-electron chi connectivity index (χ2n) is 11.6. The molecule has 6 heteroatoms. The van der Waals surface area contributed by atoms with E-state index in [9.17, 15) is 0 Å². The van der Waals surface area contributed by atoms with Crippen LogP contribution < -0.4 is 9.80 Å². The molecule has 0 saturated carbocycles. The summed E-state index contributed by atoms with van der Waals surface area (Å²) in [6.07, 6.45) is 10.5. The summed E-state index contributed by atoms with van der Waals surface area (Å²) < 4.78 is 0.447. The van der Waals surface area contributed by atoms with Gasteiger partial charge in [-0.1, -0.05) is 18.2 Å². The van der Waals surface area contributed by atoms with Crippen molar-refractivity contribution in [3.05, 3.63) is 150 Å². The molecule has 0 N–H and O–H groups in total. The number of aromatic nitrogens is 3. The van der Waals surface area contributed by atoms with E-state index < -0.39 is 0 Å². The Hall–Kier alpha value is -3.61. The normalized spacial score (nSPS) is 13.7. The summed E-state index contributed by atoms with van der Waals surface area (Å²) in [6.45, 7) is 18.2. The SMILES string of the molecule is Cc1cc(C)c(N2CCN(c3c(C(C)C)cccc3C(C)C)[CH]2[Po])c(C)c1.c1ccncc1.c1ccncc1.c1ccncc1. The summed E-state index contributed by atoms with van der Waals surface area (Å²) in [6, 6.07) is 28.7. The standard InChI is InChI=1S/C24H33N2.3C5H5N.Po/c1-16(2)21-9-8-10-22(17(3)4)24(21)26-12-11-25(15-26)23-19(6)13-18(5)14-20(23)7;3*1-2-4-6-5-3-1;/h8-10,13-17H,11-12H2,1-7H3;3*1-5H;. The topological polar surface area (TPSA) is 45.2 Å². The van der Waals surface area contributed by atoms with E-state index in [0.29, 0.717) is 15.7 Å². The van der Waals surface area contributed by atoms with Crippen molar-refractivity contribution in [2.24, 2.45) is 0 Å². The number of aryl methyl sites for hydroxylation is 3. The maximum Gasteiger partial charge on any atom is 0.0267 e. The number of benzene rings is 2. The van der Waals surface area contributed by atoms with E-state index in [0.717, 1.165) is 13.1 Å². The van der Waals surface area contributed by atoms with Crippen molar-refractivity contribution >= 4 is 36.4 Å². The molecule has 0 amide bonds. The van der Waals surface area contributed by atoms with Crippen LogP contribution in [0.4, 0.5) is 11.4 Å². The Kier molecular flexibility index (Phi) is 15.2. The second kappa shape index (κ2) is 19.0. The van der Waals surface area contributed by atoms with E-state index in [1.54, 1.807) is 62.2 Å². The van der Waals surface area contributed by atoms with Gasteiger partial charge in [-0.15, -0.1) is 0 Å². The summed E-state index contributed by atoms with van der Waals surface area (Å²) in [5, 5.41) is 0. The predicted octanol–water partition coefficient (Wildman–Crippen LogP) is 8.88. The Morgan fingerprint density at radius 1 is 0.556 bits per heavy atom. The van der Waals surface area contributed by atoms with Crippen LogP contribution in [-0.2, 0) is 0 Å². The molecule has 1 fully saturated rings. The Morgan fingerprint density at radius 2 is 0.911 bits per heavy atom. The van der Waals surface area contributed by atoms with Gasteiger partial charge >= 0.3 is 182 Å². The van der Waals surface area contributed by atoms with Crippen LogP contribution in [0.5, 0.6) is 0 Å². The maximum atomic E-state index is 3.78. The molecule has 1 unspecified atom stereocenters. The molecule has 1 radical (unpaired) electrons. The molecule has 1 aliphatic rings. The first-order valence-electron chi connectivity index (χ1n) is 15.7. The first-order valence-corrected chi connectivity index (χ1v) is 17.5. The van der Waals surface area contributed by atoms with E-state index in [1.807, 2.05) is 54.6 Å². The fourth-order valence-electron chi connectivity index (χ4n) is 5.46. The molecule has 1 saturated heterocycles. The predicted molar refractivity (Wildman–Crippen MR) is 192 cm³/mol. The average molecular weight is 796 g/mol. The number of pyridine rings is 3. The van der Waals surface area contributed by atoms with Crippen molar-refractivity contribution in [1.29, 1.82) is 0 Å². The van der Waals surface area contributed by atoms with Crippen LogP contribution in [0.25, 0.3) is 0 Å². The van der Waals surface area contributed by atoms with Crippen molar-refractivity contribution in [1.82, 2.24) is 15.0 Å². The molecule has 5 nitrogen and oxygen atoms in total. The Morgan fingerprint density at radius 3 is 1.20 bits per heavy atom. The van der Waals surface area contributed by atoms with E-state index in [-0.39, 0.29) is 0 Å². The molecule has 0 spiro atoms. The summed E-state index contributed by atoms with van der Waals surface area (Å²) >= 11 is 1.62.